The molecule has 0 bridgehead atoms. The summed E-state index contributed by atoms with van der Waals surface area (Å²) in [5.41, 5.74) is 22.6. The van der Waals surface area contributed by atoms with Crippen molar-refractivity contribution in [2.75, 3.05) is 0 Å². The first-order valence-electron chi connectivity index (χ1n) is 28.9. The maximum absolute atomic E-state index is 6.48. The Hall–Kier alpha value is -11.2. The van der Waals surface area contributed by atoms with Crippen molar-refractivity contribution < 1.29 is 8.83 Å². The summed E-state index contributed by atoms with van der Waals surface area (Å²) in [5.74, 6) is 1.57. The zero-order valence-corrected chi connectivity index (χ0v) is 46.8. The second-order valence-corrected chi connectivity index (χ2v) is 22.5. The molecule has 5 heterocycles. The average Bonchev–Trinajstić information content (AvgIpc) is 2.96. The molecule has 7 heteroatoms. The summed E-state index contributed by atoms with van der Waals surface area (Å²) in [7, 11) is 0. The Morgan fingerprint density at radius 2 is 0.718 bits per heavy atom. The van der Waals surface area contributed by atoms with E-state index < -0.39 is 0 Å². The van der Waals surface area contributed by atoms with Gasteiger partial charge in [-0.05, 0) is 139 Å². The lowest BCUT2D eigenvalue weighted by molar-refractivity contribution is 0.668. The highest BCUT2D eigenvalue weighted by Crippen LogP contribution is 2.46. The van der Waals surface area contributed by atoms with E-state index in [2.05, 4.69) is 248 Å². The first kappa shape index (κ1) is 48.5. The van der Waals surface area contributed by atoms with Gasteiger partial charge < -0.3 is 18.0 Å². The zero-order valence-electron chi connectivity index (χ0n) is 46.8. The molecule has 0 fully saturated rings. The maximum Gasteiger partial charge on any atom is 0.164 e. The number of hydrogen-bond donors (Lipinski definition) is 0. The van der Waals surface area contributed by atoms with E-state index >= 15 is 0 Å². The molecule has 0 atom stereocenters. The summed E-state index contributed by atoms with van der Waals surface area (Å²) < 4.78 is 17.9. The molecule has 0 N–H and O–H groups in total. The molecule has 400 valence electrons. The van der Waals surface area contributed by atoms with E-state index in [-0.39, 0.29) is 0 Å². The molecule has 7 nitrogen and oxygen atoms in total. The van der Waals surface area contributed by atoms with Crippen LogP contribution in [0.2, 0.25) is 0 Å². The summed E-state index contributed by atoms with van der Waals surface area (Å²) in [6, 6.07) is 91.1. The lowest BCUT2D eigenvalue weighted by Gasteiger charge is -2.21. The minimum Gasteiger partial charge on any atom is -0.456 e. The number of rotatable bonds is 8. The van der Waals surface area contributed by atoms with Crippen molar-refractivity contribution in [1.29, 1.82) is 0 Å². The van der Waals surface area contributed by atoms with Crippen LogP contribution in [0.25, 0.3) is 166 Å². The Morgan fingerprint density at radius 3 is 1.27 bits per heavy atom. The van der Waals surface area contributed by atoms with Crippen LogP contribution in [0, 0.1) is 20.8 Å². The van der Waals surface area contributed by atoms with Crippen LogP contribution in [-0.2, 0) is 0 Å². The third-order valence-electron chi connectivity index (χ3n) is 17.2. The van der Waals surface area contributed by atoms with Gasteiger partial charge in [0.25, 0.3) is 0 Å². The van der Waals surface area contributed by atoms with Gasteiger partial charge in [0.15, 0.2) is 17.5 Å². The van der Waals surface area contributed by atoms with Crippen LogP contribution in [0.4, 0.5) is 0 Å². The number of hydrogen-bond acceptors (Lipinski definition) is 5. The van der Waals surface area contributed by atoms with E-state index in [0.717, 1.165) is 127 Å². The first-order valence-corrected chi connectivity index (χ1v) is 28.9. The molecule has 0 aliphatic rings. The second-order valence-electron chi connectivity index (χ2n) is 22.5. The number of benzene rings is 12. The molecule has 17 aromatic rings. The lowest BCUT2D eigenvalue weighted by Crippen LogP contribution is -2.04. The van der Waals surface area contributed by atoms with Crippen LogP contribution in [0.3, 0.4) is 0 Å². The molecule has 5 aromatic heterocycles. The largest absolute Gasteiger partial charge is 0.456 e. The molecule has 0 spiro atoms. The SMILES string of the molecule is Cc1cc(C)c(-c2ccc3c(c2)c2ccc(-n4c5ccccc5c5ccccc54)cc2n3-c2c(-c3ccccc3)cc(-c3nc(-c4ccc5c(c4)oc4ccccc45)nc(-c4ccc5c(c4)oc4ccccc45)n3)cc2-c2ccccc2)c(C)c1. The molecule has 0 radical (unpaired) electrons. The van der Waals surface area contributed by atoms with Gasteiger partial charge in [-0.25, -0.2) is 15.0 Å². The highest BCUT2D eigenvalue weighted by Gasteiger charge is 2.26. The predicted molar refractivity (Wildman–Crippen MR) is 350 cm³/mol. The Kier molecular flexibility index (Phi) is 10.8. The summed E-state index contributed by atoms with van der Waals surface area (Å²) >= 11 is 0. The summed E-state index contributed by atoms with van der Waals surface area (Å²) in [4.78, 5) is 16.2. The van der Waals surface area contributed by atoms with Gasteiger partial charge in [0, 0.05) is 76.6 Å². The smallest absolute Gasteiger partial charge is 0.164 e. The number of nitrogens with zero attached hydrogens (tertiary/aromatic N) is 5. The third-order valence-corrected chi connectivity index (χ3v) is 17.2. The van der Waals surface area contributed by atoms with Gasteiger partial charge in [-0.2, -0.15) is 0 Å². The monoisotopic (exact) mass is 1090 g/mol. The summed E-state index contributed by atoms with van der Waals surface area (Å²) in [5, 5.41) is 8.94. The second kappa shape index (κ2) is 19.0. The van der Waals surface area contributed by atoms with Crippen LogP contribution in [0.5, 0.6) is 0 Å². The fourth-order valence-corrected chi connectivity index (χ4v) is 13.6. The standard InChI is InChI=1S/C78H51N5O2/c1-46-38-47(2)74(48(3)39-46)51-32-37-68-65(40-51)58-36-33-55(82-66-26-14-10-22-56(66)57-23-11-15-27-67(57)82)45-69(58)83(68)75-63(49-18-6-4-7-19-49)41-54(42-64(75)50-20-8-5-9-21-50)78-80-76(52-30-34-61-59-24-12-16-28-70(59)84-72(61)43-52)79-77(81-78)53-31-35-62-60-25-13-17-29-71(60)85-73(62)44-53/h4-45H,1-3H3. The number of aromatic nitrogens is 5. The number of fused-ring (bicyclic) bond motifs is 12. The Labute approximate surface area is 489 Å². The lowest BCUT2D eigenvalue weighted by atomic mass is 9.92. The third kappa shape index (κ3) is 7.78. The topological polar surface area (TPSA) is 74.8 Å². The van der Waals surface area contributed by atoms with Gasteiger partial charge in [-0.3, -0.25) is 0 Å². The predicted octanol–water partition coefficient (Wildman–Crippen LogP) is 20.8. The van der Waals surface area contributed by atoms with Crippen LogP contribution in [-0.4, -0.2) is 24.1 Å². The van der Waals surface area contributed by atoms with Crippen LogP contribution < -0.4 is 0 Å². The number of aryl methyl sites for hydroxylation is 3. The highest BCUT2D eigenvalue weighted by atomic mass is 16.3. The van der Waals surface area contributed by atoms with E-state index in [4.69, 9.17) is 23.8 Å². The van der Waals surface area contributed by atoms with E-state index in [0.29, 0.717) is 17.5 Å². The molecule has 0 unspecified atom stereocenters. The van der Waals surface area contributed by atoms with Crippen molar-refractivity contribution >= 4 is 87.5 Å². The van der Waals surface area contributed by atoms with Gasteiger partial charge in [0.05, 0.1) is 27.8 Å². The zero-order chi connectivity index (χ0) is 56.4. The fourth-order valence-electron chi connectivity index (χ4n) is 13.6. The summed E-state index contributed by atoms with van der Waals surface area (Å²) in [6.45, 7) is 6.65. The maximum atomic E-state index is 6.48. The molecule has 85 heavy (non-hydrogen) atoms. The van der Waals surface area contributed by atoms with Gasteiger partial charge in [0.1, 0.15) is 22.3 Å². The van der Waals surface area contributed by atoms with Gasteiger partial charge in [-0.1, -0.05) is 175 Å². The Morgan fingerprint density at radius 1 is 0.282 bits per heavy atom. The Balaban J connectivity index is 0.958. The molecule has 0 saturated heterocycles. The van der Waals surface area contributed by atoms with Crippen molar-refractivity contribution in [3.05, 3.63) is 271 Å². The van der Waals surface area contributed by atoms with E-state index in [1.165, 1.54) is 38.6 Å². The van der Waals surface area contributed by atoms with Crippen molar-refractivity contribution in [2.24, 2.45) is 0 Å². The van der Waals surface area contributed by atoms with Crippen molar-refractivity contribution in [3.8, 4) is 78.9 Å². The number of furan rings is 2. The summed E-state index contributed by atoms with van der Waals surface area (Å²) in [6.07, 6.45) is 0. The van der Waals surface area contributed by atoms with E-state index in [1.54, 1.807) is 0 Å². The molecule has 0 amide bonds. The minimum atomic E-state index is 0.522. The molecule has 0 aliphatic heterocycles. The van der Waals surface area contributed by atoms with E-state index in [9.17, 15) is 0 Å². The first-order chi connectivity index (χ1) is 41.8. The fraction of sp³-hybridized carbons (Fsp3) is 0.0385. The highest BCUT2D eigenvalue weighted by molar-refractivity contribution is 6.14. The van der Waals surface area contributed by atoms with Gasteiger partial charge in [0.2, 0.25) is 0 Å². The van der Waals surface area contributed by atoms with Crippen LogP contribution in [0.15, 0.2) is 264 Å². The molecule has 17 rings (SSSR count). The normalized spacial score (nSPS) is 11.9. The van der Waals surface area contributed by atoms with Gasteiger partial charge in [-0.15, -0.1) is 0 Å². The molecular formula is C78H51N5O2. The number of para-hydroxylation sites is 4. The molecule has 12 aromatic carbocycles. The van der Waals surface area contributed by atoms with Gasteiger partial charge >= 0.3 is 0 Å². The van der Waals surface area contributed by atoms with Crippen molar-refractivity contribution in [3.63, 3.8) is 0 Å². The quantitative estimate of drug-likeness (QED) is 0.152. The Bertz CT molecular complexity index is 5320. The molecular weight excluding hydrogens is 1040 g/mol. The van der Waals surface area contributed by atoms with Crippen LogP contribution in [0.1, 0.15) is 16.7 Å². The molecule has 0 saturated carbocycles. The van der Waals surface area contributed by atoms with Crippen LogP contribution >= 0.6 is 0 Å². The van der Waals surface area contributed by atoms with Crippen molar-refractivity contribution in [1.82, 2.24) is 24.1 Å². The van der Waals surface area contributed by atoms with E-state index in [1.807, 2.05) is 36.4 Å². The van der Waals surface area contributed by atoms with Crippen molar-refractivity contribution in [2.45, 2.75) is 20.8 Å². The average molecular weight is 1090 g/mol. The molecule has 0 aliphatic carbocycles. The minimum absolute atomic E-state index is 0.522.